The van der Waals surface area contributed by atoms with Gasteiger partial charge in [-0.2, -0.15) is 0 Å². The molecule has 3 aromatic rings. The van der Waals surface area contributed by atoms with Gasteiger partial charge in [0, 0.05) is 18.7 Å². The highest BCUT2D eigenvalue weighted by Gasteiger charge is 2.12. The average Bonchev–Trinajstić information content (AvgIpc) is 3.13. The maximum absolute atomic E-state index is 6.07. The third-order valence-corrected chi connectivity index (χ3v) is 3.91. The fraction of sp³-hybridized carbons (Fsp3) is 0.316. The molecule has 3 rings (SSSR count). The summed E-state index contributed by atoms with van der Waals surface area (Å²) in [5, 5.41) is 15.0. The molecule has 0 atom stereocenters. The van der Waals surface area contributed by atoms with E-state index in [4.69, 9.17) is 9.47 Å². The topological polar surface area (TPSA) is 74.1 Å². The molecule has 0 aliphatic carbocycles. The van der Waals surface area contributed by atoms with E-state index in [1.54, 1.807) is 11.8 Å². The van der Waals surface area contributed by atoms with Gasteiger partial charge < -0.3 is 14.8 Å². The second-order valence-electron chi connectivity index (χ2n) is 5.80. The van der Waals surface area contributed by atoms with E-state index in [2.05, 4.69) is 27.8 Å². The SMILES string of the molecule is CCCn1nnnc1NCc1cccc(OC)c1OCc1ccccc1. The monoisotopic (exact) mass is 353 g/mol. The number of methoxy groups -OCH3 is 1. The minimum Gasteiger partial charge on any atom is -0.493 e. The van der Waals surface area contributed by atoms with Gasteiger partial charge in [0.2, 0.25) is 5.95 Å². The van der Waals surface area contributed by atoms with Crippen LogP contribution in [0.3, 0.4) is 0 Å². The van der Waals surface area contributed by atoms with Crippen LogP contribution in [0.2, 0.25) is 0 Å². The summed E-state index contributed by atoms with van der Waals surface area (Å²) >= 11 is 0. The molecule has 0 aliphatic heterocycles. The van der Waals surface area contributed by atoms with Crippen LogP contribution < -0.4 is 14.8 Å². The van der Waals surface area contributed by atoms with Crippen molar-refractivity contribution in [2.45, 2.75) is 33.0 Å². The van der Waals surface area contributed by atoms with Gasteiger partial charge in [0.15, 0.2) is 11.5 Å². The van der Waals surface area contributed by atoms with Gasteiger partial charge in [-0.25, -0.2) is 4.68 Å². The molecule has 2 aromatic carbocycles. The second-order valence-corrected chi connectivity index (χ2v) is 5.80. The first-order chi connectivity index (χ1) is 12.8. The Kier molecular flexibility index (Phi) is 6.03. The number of benzene rings is 2. The van der Waals surface area contributed by atoms with E-state index in [1.165, 1.54) is 0 Å². The van der Waals surface area contributed by atoms with Crippen molar-refractivity contribution in [3.05, 3.63) is 59.7 Å². The molecule has 1 N–H and O–H groups in total. The Hall–Kier alpha value is -3.09. The van der Waals surface area contributed by atoms with Crippen molar-refractivity contribution < 1.29 is 9.47 Å². The fourth-order valence-electron chi connectivity index (χ4n) is 2.62. The molecule has 0 unspecified atom stereocenters. The third-order valence-electron chi connectivity index (χ3n) is 3.91. The summed E-state index contributed by atoms with van der Waals surface area (Å²) in [4.78, 5) is 0. The summed E-state index contributed by atoms with van der Waals surface area (Å²) in [6.07, 6.45) is 0.963. The summed E-state index contributed by atoms with van der Waals surface area (Å²) in [5.41, 5.74) is 2.08. The van der Waals surface area contributed by atoms with E-state index >= 15 is 0 Å². The Bertz CT molecular complexity index is 820. The summed E-state index contributed by atoms with van der Waals surface area (Å²) in [7, 11) is 1.64. The number of ether oxygens (including phenoxy) is 2. The second kappa shape index (κ2) is 8.84. The number of tetrazole rings is 1. The van der Waals surface area contributed by atoms with Crippen LogP contribution in [-0.4, -0.2) is 27.3 Å². The quantitative estimate of drug-likeness (QED) is 0.636. The van der Waals surface area contributed by atoms with E-state index in [1.807, 2.05) is 48.5 Å². The maximum atomic E-state index is 6.07. The number of hydrogen-bond acceptors (Lipinski definition) is 6. The minimum atomic E-state index is 0.474. The van der Waals surface area contributed by atoms with Gasteiger partial charge >= 0.3 is 0 Å². The molecule has 0 radical (unpaired) electrons. The predicted octanol–water partition coefficient (Wildman–Crippen LogP) is 3.28. The molecule has 7 nitrogen and oxygen atoms in total. The molecule has 0 fully saturated rings. The number of aryl methyl sites for hydroxylation is 1. The first-order valence-electron chi connectivity index (χ1n) is 8.64. The average molecular weight is 353 g/mol. The third kappa shape index (κ3) is 4.30. The molecular formula is C19H23N5O2. The van der Waals surface area contributed by atoms with Crippen LogP contribution >= 0.6 is 0 Å². The highest BCUT2D eigenvalue weighted by molar-refractivity contribution is 5.48. The number of nitrogens with zero attached hydrogens (tertiary/aromatic N) is 4. The zero-order valence-corrected chi connectivity index (χ0v) is 15.1. The molecule has 0 bridgehead atoms. The predicted molar refractivity (Wildman–Crippen MR) is 99.2 cm³/mol. The van der Waals surface area contributed by atoms with E-state index in [9.17, 15) is 0 Å². The largest absolute Gasteiger partial charge is 0.493 e. The van der Waals surface area contributed by atoms with Crippen LogP contribution in [0.5, 0.6) is 11.5 Å². The van der Waals surface area contributed by atoms with Crippen LogP contribution in [0, 0.1) is 0 Å². The smallest absolute Gasteiger partial charge is 0.243 e. The fourth-order valence-corrected chi connectivity index (χ4v) is 2.62. The number of nitrogens with one attached hydrogen (secondary N) is 1. The van der Waals surface area contributed by atoms with Gasteiger partial charge in [-0.1, -0.05) is 54.5 Å². The summed E-state index contributed by atoms with van der Waals surface area (Å²) in [5.74, 6) is 2.07. The first-order valence-corrected chi connectivity index (χ1v) is 8.64. The van der Waals surface area contributed by atoms with E-state index in [-0.39, 0.29) is 0 Å². The number of anilines is 1. The lowest BCUT2D eigenvalue weighted by atomic mass is 10.1. The molecule has 1 heterocycles. The summed E-state index contributed by atoms with van der Waals surface area (Å²) in [6, 6.07) is 15.9. The Morgan fingerprint density at radius 2 is 1.92 bits per heavy atom. The summed E-state index contributed by atoms with van der Waals surface area (Å²) < 4.78 is 13.3. The van der Waals surface area contributed by atoms with Crippen molar-refractivity contribution in [1.29, 1.82) is 0 Å². The molecule has 0 saturated heterocycles. The molecule has 136 valence electrons. The standard InChI is InChI=1S/C19H23N5O2/c1-3-12-24-19(21-22-23-24)20-13-16-10-7-11-17(25-2)18(16)26-14-15-8-5-4-6-9-15/h4-11H,3,12-14H2,1-2H3,(H,20,21,23). The minimum absolute atomic E-state index is 0.474. The van der Waals surface area contributed by atoms with Crippen molar-refractivity contribution in [2.75, 3.05) is 12.4 Å². The molecule has 26 heavy (non-hydrogen) atoms. The van der Waals surface area contributed by atoms with Crippen molar-refractivity contribution >= 4 is 5.95 Å². The lowest BCUT2D eigenvalue weighted by Gasteiger charge is -2.16. The van der Waals surface area contributed by atoms with Gasteiger partial charge in [0.1, 0.15) is 6.61 Å². The van der Waals surface area contributed by atoms with Crippen LogP contribution in [-0.2, 0) is 19.7 Å². The lowest BCUT2D eigenvalue weighted by Crippen LogP contribution is -2.10. The maximum Gasteiger partial charge on any atom is 0.243 e. The van der Waals surface area contributed by atoms with Crippen molar-refractivity contribution in [2.24, 2.45) is 0 Å². The van der Waals surface area contributed by atoms with E-state index < -0.39 is 0 Å². The number of para-hydroxylation sites is 1. The molecule has 1 aromatic heterocycles. The van der Waals surface area contributed by atoms with Gasteiger partial charge in [-0.05, 0) is 28.5 Å². The number of rotatable bonds is 9. The van der Waals surface area contributed by atoms with Crippen LogP contribution in [0.4, 0.5) is 5.95 Å². The van der Waals surface area contributed by atoms with Crippen LogP contribution in [0.15, 0.2) is 48.5 Å². The molecule has 7 heteroatoms. The molecular weight excluding hydrogens is 330 g/mol. The molecule has 0 aliphatic rings. The van der Waals surface area contributed by atoms with Gasteiger partial charge in [-0.15, -0.1) is 0 Å². The molecule has 0 spiro atoms. The Morgan fingerprint density at radius 1 is 1.08 bits per heavy atom. The number of hydrogen-bond donors (Lipinski definition) is 1. The van der Waals surface area contributed by atoms with Gasteiger partial charge in [0.25, 0.3) is 0 Å². The van der Waals surface area contributed by atoms with Gasteiger partial charge in [-0.3, -0.25) is 0 Å². The zero-order valence-electron chi connectivity index (χ0n) is 15.1. The highest BCUT2D eigenvalue weighted by atomic mass is 16.5. The Labute approximate surface area is 152 Å². The zero-order chi connectivity index (χ0) is 18.2. The lowest BCUT2D eigenvalue weighted by molar-refractivity contribution is 0.281. The highest BCUT2D eigenvalue weighted by Crippen LogP contribution is 2.32. The van der Waals surface area contributed by atoms with Crippen LogP contribution in [0.25, 0.3) is 0 Å². The number of aromatic nitrogens is 4. The first kappa shape index (κ1) is 17.7. The molecule has 0 amide bonds. The van der Waals surface area contributed by atoms with Crippen molar-refractivity contribution in [1.82, 2.24) is 20.2 Å². The van der Waals surface area contributed by atoms with E-state index in [0.717, 1.165) is 29.8 Å². The van der Waals surface area contributed by atoms with Crippen LogP contribution in [0.1, 0.15) is 24.5 Å². The van der Waals surface area contributed by atoms with Gasteiger partial charge in [0.05, 0.1) is 7.11 Å². The molecule has 0 saturated carbocycles. The summed E-state index contributed by atoms with van der Waals surface area (Å²) in [6.45, 7) is 3.86. The Balaban J connectivity index is 1.74. The normalized spacial score (nSPS) is 10.5. The Morgan fingerprint density at radius 3 is 2.69 bits per heavy atom. The van der Waals surface area contributed by atoms with E-state index in [0.29, 0.717) is 24.8 Å². The van der Waals surface area contributed by atoms with Crippen molar-refractivity contribution in [3.8, 4) is 11.5 Å². The van der Waals surface area contributed by atoms with Crippen molar-refractivity contribution in [3.63, 3.8) is 0 Å².